The van der Waals surface area contributed by atoms with Crippen LogP contribution in [0, 0.1) is 6.92 Å². The van der Waals surface area contributed by atoms with Gasteiger partial charge in [0.15, 0.2) is 10.8 Å². The molecule has 0 unspecified atom stereocenters. The quantitative estimate of drug-likeness (QED) is 0.886. The van der Waals surface area contributed by atoms with Crippen molar-refractivity contribution < 1.29 is 5.11 Å². The number of aryl methyl sites for hydroxylation is 1. The van der Waals surface area contributed by atoms with Gasteiger partial charge < -0.3 is 5.11 Å². The number of aromatic hydroxyl groups is 1. The molecule has 0 atom stereocenters. The lowest BCUT2D eigenvalue weighted by Crippen LogP contribution is -2.11. The summed E-state index contributed by atoms with van der Waals surface area (Å²) < 4.78 is 0. The van der Waals surface area contributed by atoms with Crippen LogP contribution < -0.4 is 0 Å². The zero-order valence-corrected chi connectivity index (χ0v) is 10.4. The van der Waals surface area contributed by atoms with E-state index >= 15 is 0 Å². The molecule has 1 saturated carbocycles. The van der Waals surface area contributed by atoms with Crippen molar-refractivity contribution in [2.75, 3.05) is 0 Å². The molecule has 1 N–H and O–H groups in total. The van der Waals surface area contributed by atoms with Crippen LogP contribution in [0.25, 0.3) is 10.8 Å². The summed E-state index contributed by atoms with van der Waals surface area (Å²) in [4.78, 5) is 12.9. The molecule has 0 amide bonds. The number of aromatic nitrogens is 3. The zero-order chi connectivity index (χ0) is 11.8. The molecule has 1 aliphatic carbocycles. The van der Waals surface area contributed by atoms with Crippen LogP contribution in [-0.4, -0.2) is 20.1 Å². The molecule has 0 spiro atoms. The summed E-state index contributed by atoms with van der Waals surface area (Å²) in [5, 5.41) is 12.4. The summed E-state index contributed by atoms with van der Waals surface area (Å²) in [7, 11) is 0. The van der Waals surface area contributed by atoms with Gasteiger partial charge in [0.2, 0.25) is 5.88 Å². The molecule has 2 aromatic rings. The minimum absolute atomic E-state index is 0.0461. The molecule has 1 fully saturated rings. The SMILES string of the molecule is Cc1csc(-c2nc(O)cc(C3CCC3)n2)n1. The minimum atomic E-state index is 0.0461. The molecule has 5 heteroatoms. The molecule has 0 radical (unpaired) electrons. The Hall–Kier alpha value is -1.49. The lowest BCUT2D eigenvalue weighted by Gasteiger charge is -2.24. The van der Waals surface area contributed by atoms with Gasteiger partial charge in [-0.1, -0.05) is 6.42 Å². The van der Waals surface area contributed by atoms with Gasteiger partial charge in [-0.05, 0) is 19.8 Å². The Kier molecular flexibility index (Phi) is 2.55. The second-order valence-corrected chi connectivity index (χ2v) is 5.25. The number of thiazole rings is 1. The van der Waals surface area contributed by atoms with Crippen LogP contribution in [0.15, 0.2) is 11.4 Å². The van der Waals surface area contributed by atoms with Gasteiger partial charge in [0.1, 0.15) is 0 Å². The van der Waals surface area contributed by atoms with Gasteiger partial charge in [0.25, 0.3) is 0 Å². The van der Waals surface area contributed by atoms with Crippen molar-refractivity contribution in [3.63, 3.8) is 0 Å². The molecule has 1 aliphatic rings. The maximum atomic E-state index is 9.66. The Bertz CT molecular complexity index is 548. The summed E-state index contributed by atoms with van der Waals surface area (Å²) in [6.45, 7) is 1.94. The van der Waals surface area contributed by atoms with Gasteiger partial charge in [0, 0.05) is 23.1 Å². The largest absolute Gasteiger partial charge is 0.493 e. The van der Waals surface area contributed by atoms with Gasteiger partial charge in [-0.3, -0.25) is 0 Å². The fourth-order valence-corrected chi connectivity index (χ4v) is 2.65. The number of nitrogens with zero attached hydrogens (tertiary/aromatic N) is 3. The van der Waals surface area contributed by atoms with E-state index in [2.05, 4.69) is 15.0 Å². The molecule has 0 aliphatic heterocycles. The van der Waals surface area contributed by atoms with Crippen molar-refractivity contribution in [2.24, 2.45) is 0 Å². The van der Waals surface area contributed by atoms with Crippen LogP contribution in [0.4, 0.5) is 0 Å². The third kappa shape index (κ3) is 2.02. The van der Waals surface area contributed by atoms with Crippen LogP contribution in [0.5, 0.6) is 5.88 Å². The molecule has 88 valence electrons. The van der Waals surface area contributed by atoms with Gasteiger partial charge >= 0.3 is 0 Å². The standard InChI is InChI=1S/C12H13N3OS/c1-7-6-17-12(13-7)11-14-9(5-10(16)15-11)8-3-2-4-8/h5-6,8H,2-4H2,1H3,(H,14,15,16). The normalized spacial score (nSPS) is 15.8. The van der Waals surface area contributed by atoms with E-state index in [-0.39, 0.29) is 5.88 Å². The summed E-state index contributed by atoms with van der Waals surface area (Å²) in [6, 6.07) is 1.67. The summed E-state index contributed by atoms with van der Waals surface area (Å²) in [5.74, 6) is 1.08. The zero-order valence-electron chi connectivity index (χ0n) is 9.55. The van der Waals surface area contributed by atoms with Crippen molar-refractivity contribution in [2.45, 2.75) is 32.1 Å². The monoisotopic (exact) mass is 247 g/mol. The van der Waals surface area contributed by atoms with Gasteiger partial charge in [-0.2, -0.15) is 4.98 Å². The highest BCUT2D eigenvalue weighted by molar-refractivity contribution is 7.13. The Labute approximate surface area is 103 Å². The number of hydrogen-bond acceptors (Lipinski definition) is 5. The number of rotatable bonds is 2. The number of hydrogen-bond donors (Lipinski definition) is 1. The summed E-state index contributed by atoms with van der Waals surface area (Å²) in [5.41, 5.74) is 1.91. The van der Waals surface area contributed by atoms with Crippen molar-refractivity contribution in [3.8, 4) is 16.7 Å². The van der Waals surface area contributed by atoms with E-state index in [9.17, 15) is 5.11 Å². The van der Waals surface area contributed by atoms with Crippen molar-refractivity contribution in [3.05, 3.63) is 22.8 Å². The molecular weight excluding hydrogens is 234 g/mol. The lowest BCUT2D eigenvalue weighted by atomic mass is 9.83. The van der Waals surface area contributed by atoms with Crippen LogP contribution in [0.3, 0.4) is 0 Å². The van der Waals surface area contributed by atoms with E-state index in [0.717, 1.165) is 29.2 Å². The van der Waals surface area contributed by atoms with E-state index in [4.69, 9.17) is 0 Å². The van der Waals surface area contributed by atoms with Crippen LogP contribution in [-0.2, 0) is 0 Å². The second kappa shape index (κ2) is 4.07. The smallest absolute Gasteiger partial charge is 0.214 e. The van der Waals surface area contributed by atoms with Gasteiger partial charge in [0.05, 0.1) is 5.69 Å². The topological polar surface area (TPSA) is 58.9 Å². The third-order valence-corrected chi connectivity index (χ3v) is 4.02. The second-order valence-electron chi connectivity index (χ2n) is 4.40. The summed E-state index contributed by atoms with van der Waals surface area (Å²) >= 11 is 1.51. The average Bonchev–Trinajstić information content (AvgIpc) is 2.61. The predicted octanol–water partition coefficient (Wildman–Crippen LogP) is 2.88. The van der Waals surface area contributed by atoms with Crippen LogP contribution in [0.2, 0.25) is 0 Å². The Morgan fingerprint density at radius 3 is 2.71 bits per heavy atom. The van der Waals surface area contributed by atoms with Crippen LogP contribution >= 0.6 is 11.3 Å². The lowest BCUT2D eigenvalue weighted by molar-refractivity contribution is 0.403. The maximum absolute atomic E-state index is 9.66. The Balaban J connectivity index is 2.01. The first-order valence-electron chi connectivity index (χ1n) is 5.73. The summed E-state index contributed by atoms with van der Waals surface area (Å²) in [6.07, 6.45) is 3.57. The van der Waals surface area contributed by atoms with Crippen molar-refractivity contribution in [1.29, 1.82) is 0 Å². The molecule has 4 nitrogen and oxygen atoms in total. The fourth-order valence-electron chi connectivity index (χ4n) is 1.92. The highest BCUT2D eigenvalue weighted by Crippen LogP contribution is 2.37. The minimum Gasteiger partial charge on any atom is -0.493 e. The van der Waals surface area contributed by atoms with E-state index in [1.54, 1.807) is 6.07 Å². The third-order valence-electron chi connectivity index (χ3n) is 3.07. The molecule has 17 heavy (non-hydrogen) atoms. The maximum Gasteiger partial charge on any atom is 0.214 e. The highest BCUT2D eigenvalue weighted by atomic mass is 32.1. The molecule has 0 saturated heterocycles. The van der Waals surface area contributed by atoms with Crippen LogP contribution in [0.1, 0.15) is 36.6 Å². The molecule has 3 rings (SSSR count). The van der Waals surface area contributed by atoms with E-state index in [1.165, 1.54) is 17.8 Å². The van der Waals surface area contributed by atoms with Crippen molar-refractivity contribution in [1.82, 2.24) is 15.0 Å². The molecular formula is C12H13N3OS. The van der Waals surface area contributed by atoms with E-state index in [1.807, 2.05) is 12.3 Å². The fraction of sp³-hybridized carbons (Fsp3) is 0.417. The van der Waals surface area contributed by atoms with E-state index in [0.29, 0.717) is 11.7 Å². The molecule has 2 aromatic heterocycles. The first-order valence-corrected chi connectivity index (χ1v) is 6.61. The molecule has 0 aromatic carbocycles. The average molecular weight is 247 g/mol. The van der Waals surface area contributed by atoms with Crippen molar-refractivity contribution >= 4 is 11.3 Å². The van der Waals surface area contributed by atoms with E-state index < -0.39 is 0 Å². The highest BCUT2D eigenvalue weighted by Gasteiger charge is 2.22. The first kappa shape index (κ1) is 10.7. The van der Waals surface area contributed by atoms with Gasteiger partial charge in [-0.25, -0.2) is 9.97 Å². The Morgan fingerprint density at radius 2 is 2.12 bits per heavy atom. The molecule has 0 bridgehead atoms. The molecule has 2 heterocycles. The predicted molar refractivity (Wildman–Crippen MR) is 66.1 cm³/mol. The Morgan fingerprint density at radius 1 is 1.29 bits per heavy atom. The van der Waals surface area contributed by atoms with Gasteiger partial charge in [-0.15, -0.1) is 11.3 Å². The first-order chi connectivity index (χ1) is 8.22.